The third-order valence-electron chi connectivity index (χ3n) is 2.45. The van der Waals surface area contributed by atoms with Crippen LogP contribution in [-0.2, 0) is 6.54 Å². The van der Waals surface area contributed by atoms with Crippen LogP contribution in [0.1, 0.15) is 5.56 Å². The molecule has 0 aromatic heterocycles. The summed E-state index contributed by atoms with van der Waals surface area (Å²) in [6.07, 6.45) is 0. The quantitative estimate of drug-likeness (QED) is 0.834. The van der Waals surface area contributed by atoms with E-state index in [1.54, 1.807) is 24.3 Å². The van der Waals surface area contributed by atoms with E-state index in [0.29, 0.717) is 15.7 Å². The highest BCUT2D eigenvalue weighted by molar-refractivity contribution is 9.10. The number of halogens is 4. The van der Waals surface area contributed by atoms with Crippen LogP contribution in [0, 0.1) is 11.6 Å². The summed E-state index contributed by atoms with van der Waals surface area (Å²) in [7, 11) is 0. The third kappa shape index (κ3) is 2.82. The monoisotopic (exact) mass is 331 g/mol. The molecular weight excluding hydrogens is 324 g/mol. The van der Waals surface area contributed by atoms with Crippen molar-refractivity contribution < 1.29 is 8.78 Å². The van der Waals surface area contributed by atoms with Gasteiger partial charge in [0.1, 0.15) is 11.6 Å². The Morgan fingerprint density at radius 3 is 2.56 bits per heavy atom. The number of rotatable bonds is 3. The maximum atomic E-state index is 13.6. The Hall–Kier alpha value is -1.13. The predicted octanol–water partition coefficient (Wildman–Crippen LogP) is 4.99. The summed E-state index contributed by atoms with van der Waals surface area (Å²) in [5, 5.41) is 2.90. The summed E-state index contributed by atoms with van der Waals surface area (Å²) in [6, 6.07) is 9.35. The van der Waals surface area contributed by atoms with Crippen molar-refractivity contribution in [3.8, 4) is 0 Å². The number of hydrogen-bond acceptors (Lipinski definition) is 1. The van der Waals surface area contributed by atoms with Gasteiger partial charge in [-0.3, -0.25) is 0 Å². The van der Waals surface area contributed by atoms with Gasteiger partial charge in [0.2, 0.25) is 0 Å². The number of hydrogen-bond donors (Lipinski definition) is 1. The molecule has 0 saturated carbocycles. The summed E-state index contributed by atoms with van der Waals surface area (Å²) in [5.41, 5.74) is 0.689. The fourth-order valence-electron chi connectivity index (χ4n) is 1.54. The molecule has 94 valence electrons. The molecule has 0 aliphatic rings. The Labute approximate surface area is 117 Å². The van der Waals surface area contributed by atoms with E-state index < -0.39 is 11.6 Å². The molecule has 0 saturated heterocycles. The van der Waals surface area contributed by atoms with Crippen LogP contribution >= 0.6 is 27.5 Å². The van der Waals surface area contributed by atoms with Crippen LogP contribution in [0.25, 0.3) is 0 Å². The van der Waals surface area contributed by atoms with Crippen LogP contribution in [0.5, 0.6) is 0 Å². The second-order valence-electron chi connectivity index (χ2n) is 3.66. The minimum Gasteiger partial charge on any atom is -0.378 e. The summed E-state index contributed by atoms with van der Waals surface area (Å²) in [5.74, 6) is -0.883. The lowest BCUT2D eigenvalue weighted by molar-refractivity contribution is 0.610. The molecule has 0 aliphatic carbocycles. The van der Waals surface area contributed by atoms with Gasteiger partial charge < -0.3 is 5.32 Å². The highest BCUT2D eigenvalue weighted by atomic mass is 79.9. The van der Waals surface area contributed by atoms with Crippen molar-refractivity contribution in [2.24, 2.45) is 0 Å². The van der Waals surface area contributed by atoms with Crippen molar-refractivity contribution in [3.05, 3.63) is 63.1 Å². The fraction of sp³-hybridized carbons (Fsp3) is 0.0769. The lowest BCUT2D eigenvalue weighted by atomic mass is 10.2. The molecule has 1 nitrogen and oxygen atoms in total. The number of nitrogens with one attached hydrogen (secondary N) is 1. The first-order chi connectivity index (χ1) is 8.59. The van der Waals surface area contributed by atoms with Crippen molar-refractivity contribution in [2.75, 3.05) is 5.32 Å². The number of para-hydroxylation sites is 1. The van der Waals surface area contributed by atoms with Crippen molar-refractivity contribution in [2.45, 2.75) is 6.54 Å². The van der Waals surface area contributed by atoms with E-state index in [9.17, 15) is 8.78 Å². The molecule has 0 aliphatic heterocycles. The smallest absolute Gasteiger partial charge is 0.147 e. The van der Waals surface area contributed by atoms with Crippen LogP contribution in [0.2, 0.25) is 5.02 Å². The second kappa shape index (κ2) is 5.67. The summed E-state index contributed by atoms with van der Waals surface area (Å²) >= 11 is 8.90. The zero-order valence-electron chi connectivity index (χ0n) is 9.18. The third-order valence-corrected chi connectivity index (χ3v) is 3.40. The van der Waals surface area contributed by atoms with E-state index >= 15 is 0 Å². The number of benzene rings is 2. The molecule has 0 heterocycles. The molecule has 0 spiro atoms. The van der Waals surface area contributed by atoms with E-state index in [0.717, 1.165) is 0 Å². The van der Waals surface area contributed by atoms with Gasteiger partial charge in [0.05, 0.1) is 10.7 Å². The normalized spacial score (nSPS) is 10.4. The molecule has 0 fully saturated rings. The SMILES string of the molecule is Fc1cccc(Br)c1NCc1cccc(Cl)c1F. The van der Waals surface area contributed by atoms with E-state index in [4.69, 9.17) is 11.6 Å². The minimum atomic E-state index is -0.487. The van der Waals surface area contributed by atoms with E-state index in [-0.39, 0.29) is 11.6 Å². The van der Waals surface area contributed by atoms with Crippen LogP contribution in [0.15, 0.2) is 40.9 Å². The minimum absolute atomic E-state index is 0.0573. The van der Waals surface area contributed by atoms with Gasteiger partial charge in [-0.1, -0.05) is 29.8 Å². The van der Waals surface area contributed by atoms with Gasteiger partial charge in [0, 0.05) is 16.6 Å². The molecule has 18 heavy (non-hydrogen) atoms. The fourth-order valence-corrected chi connectivity index (χ4v) is 2.21. The van der Waals surface area contributed by atoms with Gasteiger partial charge >= 0.3 is 0 Å². The second-order valence-corrected chi connectivity index (χ2v) is 4.92. The van der Waals surface area contributed by atoms with Crippen molar-refractivity contribution in [1.82, 2.24) is 0 Å². The molecule has 0 bridgehead atoms. The molecule has 0 atom stereocenters. The maximum absolute atomic E-state index is 13.6. The van der Waals surface area contributed by atoms with Crippen molar-refractivity contribution >= 4 is 33.2 Å². The Bertz CT molecular complexity index is 555. The average Bonchev–Trinajstić information content (AvgIpc) is 2.33. The van der Waals surface area contributed by atoms with Gasteiger partial charge in [0.15, 0.2) is 0 Å². The lowest BCUT2D eigenvalue weighted by Crippen LogP contribution is -2.04. The largest absolute Gasteiger partial charge is 0.378 e. The zero-order chi connectivity index (χ0) is 13.1. The van der Waals surface area contributed by atoms with Crippen LogP contribution in [0.4, 0.5) is 14.5 Å². The summed E-state index contributed by atoms with van der Waals surface area (Å²) < 4.78 is 27.7. The first-order valence-corrected chi connectivity index (χ1v) is 6.37. The van der Waals surface area contributed by atoms with Crippen LogP contribution < -0.4 is 5.32 Å². The van der Waals surface area contributed by atoms with E-state index in [1.165, 1.54) is 12.1 Å². The molecule has 5 heteroatoms. The van der Waals surface area contributed by atoms with Gasteiger partial charge in [-0.2, -0.15) is 0 Å². The van der Waals surface area contributed by atoms with Gasteiger partial charge in [-0.05, 0) is 34.1 Å². The van der Waals surface area contributed by atoms with Crippen molar-refractivity contribution in [1.29, 1.82) is 0 Å². The van der Waals surface area contributed by atoms with Crippen LogP contribution in [-0.4, -0.2) is 0 Å². The standard InChI is InChI=1S/C13H9BrClF2N/c14-9-4-2-6-11(16)13(9)18-7-8-3-1-5-10(15)12(8)17/h1-6,18H,7H2. The van der Waals surface area contributed by atoms with Crippen molar-refractivity contribution in [3.63, 3.8) is 0 Å². The first-order valence-electron chi connectivity index (χ1n) is 5.20. The molecule has 1 N–H and O–H groups in total. The maximum Gasteiger partial charge on any atom is 0.147 e. The number of anilines is 1. The Morgan fingerprint density at radius 2 is 1.83 bits per heavy atom. The molecule has 0 unspecified atom stereocenters. The molecule has 2 aromatic rings. The summed E-state index contributed by atoms with van der Waals surface area (Å²) in [4.78, 5) is 0. The summed E-state index contributed by atoms with van der Waals surface area (Å²) in [6.45, 7) is 0.159. The first kappa shape index (κ1) is 13.3. The molecule has 0 radical (unpaired) electrons. The highest BCUT2D eigenvalue weighted by Gasteiger charge is 2.09. The van der Waals surface area contributed by atoms with Gasteiger partial charge in [-0.15, -0.1) is 0 Å². The molecule has 2 rings (SSSR count). The van der Waals surface area contributed by atoms with Crippen LogP contribution in [0.3, 0.4) is 0 Å². The predicted molar refractivity (Wildman–Crippen MR) is 72.8 cm³/mol. The highest BCUT2D eigenvalue weighted by Crippen LogP contribution is 2.26. The Kier molecular flexibility index (Phi) is 4.19. The topological polar surface area (TPSA) is 12.0 Å². The average molecular weight is 333 g/mol. The molecule has 0 amide bonds. The Morgan fingerprint density at radius 1 is 1.11 bits per heavy atom. The van der Waals surface area contributed by atoms with Gasteiger partial charge in [-0.25, -0.2) is 8.78 Å². The molecule has 2 aromatic carbocycles. The molecular formula is C13H9BrClF2N. The van der Waals surface area contributed by atoms with Gasteiger partial charge in [0.25, 0.3) is 0 Å². The Balaban J connectivity index is 2.19. The van der Waals surface area contributed by atoms with E-state index in [2.05, 4.69) is 21.2 Å². The van der Waals surface area contributed by atoms with E-state index in [1.807, 2.05) is 0 Å². The lowest BCUT2D eigenvalue weighted by Gasteiger charge is -2.10. The zero-order valence-corrected chi connectivity index (χ0v) is 11.5.